The molecular weight excluding hydrogens is 490 g/mol. The Balaban J connectivity index is 1.88. The minimum Gasteiger partial charge on any atom is -0.506 e. The molecule has 0 aliphatic carbocycles. The summed E-state index contributed by atoms with van der Waals surface area (Å²) in [6.45, 7) is -0.433. The lowest BCUT2D eigenvalue weighted by Gasteiger charge is -2.20. The number of benzene rings is 1. The van der Waals surface area contributed by atoms with Crippen molar-refractivity contribution in [2.45, 2.75) is 18.4 Å². The van der Waals surface area contributed by atoms with Gasteiger partial charge in [-0.05, 0) is 18.2 Å². The molecule has 0 bridgehead atoms. The molecule has 2 amide bonds. The van der Waals surface area contributed by atoms with Gasteiger partial charge in [-0.25, -0.2) is 0 Å². The fourth-order valence-electron chi connectivity index (χ4n) is 2.60. The SMILES string of the molecule is O=C(O)CC1(CC(=O)O)OB(CNC(=O)CNC(=O)c2cc(Br)ccc2Cl)OC1=O. The summed E-state index contributed by atoms with van der Waals surface area (Å²) in [5.41, 5.74) is -2.03. The van der Waals surface area contributed by atoms with Gasteiger partial charge in [0.15, 0.2) is 5.60 Å². The summed E-state index contributed by atoms with van der Waals surface area (Å²) >= 11 is 9.14. The van der Waals surface area contributed by atoms with Crippen LogP contribution in [0.25, 0.3) is 0 Å². The van der Waals surface area contributed by atoms with Crippen molar-refractivity contribution in [2.24, 2.45) is 0 Å². The lowest BCUT2D eigenvalue weighted by atomic mass is 9.89. The summed E-state index contributed by atoms with van der Waals surface area (Å²) in [7, 11) is -1.38. The molecule has 4 N–H and O–H groups in total. The van der Waals surface area contributed by atoms with Crippen LogP contribution in [0.1, 0.15) is 23.2 Å². The van der Waals surface area contributed by atoms with E-state index >= 15 is 0 Å². The number of carboxylic acid groups (broad SMARTS) is 2. The first kappa shape index (κ1) is 23.6. The maximum Gasteiger partial charge on any atom is 0.548 e. The monoisotopic (exact) mass is 504 g/mol. The first-order chi connectivity index (χ1) is 14.0. The maximum atomic E-state index is 12.1. The highest BCUT2D eigenvalue weighted by Gasteiger charge is 2.55. The van der Waals surface area contributed by atoms with Gasteiger partial charge in [0.05, 0.1) is 36.4 Å². The van der Waals surface area contributed by atoms with Crippen molar-refractivity contribution in [1.29, 1.82) is 0 Å². The summed E-state index contributed by atoms with van der Waals surface area (Å²) < 4.78 is 10.7. The Morgan fingerprint density at radius 1 is 1.13 bits per heavy atom. The highest BCUT2D eigenvalue weighted by molar-refractivity contribution is 9.10. The van der Waals surface area contributed by atoms with Crippen molar-refractivity contribution in [2.75, 3.05) is 13.0 Å². The summed E-state index contributed by atoms with van der Waals surface area (Å²) in [5.74, 6) is -5.31. The fraction of sp³-hybridized carbons (Fsp3) is 0.312. The predicted octanol–water partition coefficient (Wildman–Crippen LogP) is 0.238. The van der Waals surface area contributed by atoms with Crippen LogP contribution >= 0.6 is 27.5 Å². The van der Waals surface area contributed by atoms with E-state index in [2.05, 4.69) is 26.6 Å². The second-order valence-corrected chi connectivity index (χ2v) is 7.52. The lowest BCUT2D eigenvalue weighted by Crippen LogP contribution is -2.44. The third-order valence-electron chi connectivity index (χ3n) is 3.89. The molecule has 0 unspecified atom stereocenters. The molecule has 0 atom stereocenters. The van der Waals surface area contributed by atoms with E-state index in [1.54, 1.807) is 6.07 Å². The molecule has 30 heavy (non-hydrogen) atoms. The predicted molar refractivity (Wildman–Crippen MR) is 105 cm³/mol. The molecule has 0 spiro atoms. The van der Waals surface area contributed by atoms with Gasteiger partial charge in [-0.1, -0.05) is 27.5 Å². The molecule has 1 heterocycles. The van der Waals surface area contributed by atoms with E-state index in [0.29, 0.717) is 4.47 Å². The Labute approximate surface area is 183 Å². The minimum atomic E-state index is -2.18. The zero-order chi connectivity index (χ0) is 22.5. The van der Waals surface area contributed by atoms with E-state index < -0.39 is 61.8 Å². The molecule has 2 rings (SSSR count). The van der Waals surface area contributed by atoms with Crippen LogP contribution in [0, 0.1) is 0 Å². The average Bonchev–Trinajstić information content (AvgIpc) is 2.93. The van der Waals surface area contributed by atoms with Crippen LogP contribution in [0.15, 0.2) is 22.7 Å². The molecule has 0 radical (unpaired) electrons. The molecule has 1 aromatic carbocycles. The van der Waals surface area contributed by atoms with E-state index in [9.17, 15) is 24.0 Å². The number of aliphatic carboxylic acids is 2. The Bertz CT molecular complexity index is 881. The van der Waals surface area contributed by atoms with Gasteiger partial charge in [0.1, 0.15) is 0 Å². The molecule has 1 fully saturated rings. The Kier molecular flexibility index (Phi) is 7.81. The number of carbonyl (C=O) groups is 5. The van der Waals surface area contributed by atoms with Crippen molar-refractivity contribution >= 4 is 64.4 Å². The van der Waals surface area contributed by atoms with Crippen LogP contribution in [0.5, 0.6) is 0 Å². The third kappa shape index (κ3) is 6.18. The molecule has 1 aromatic rings. The average molecular weight is 505 g/mol. The quantitative estimate of drug-likeness (QED) is 0.344. The summed E-state index contributed by atoms with van der Waals surface area (Å²) in [4.78, 5) is 58.0. The van der Waals surface area contributed by atoms with Crippen LogP contribution in [-0.2, 0) is 28.5 Å². The minimum absolute atomic E-state index is 0.152. The second-order valence-electron chi connectivity index (χ2n) is 6.20. The van der Waals surface area contributed by atoms with Gasteiger partial charge >= 0.3 is 25.0 Å². The lowest BCUT2D eigenvalue weighted by molar-refractivity contribution is -0.157. The van der Waals surface area contributed by atoms with Gasteiger partial charge in [-0.2, -0.15) is 0 Å². The Morgan fingerprint density at radius 2 is 1.77 bits per heavy atom. The highest BCUT2D eigenvalue weighted by Crippen LogP contribution is 2.30. The number of hydrogen-bond acceptors (Lipinski definition) is 7. The summed E-state index contributed by atoms with van der Waals surface area (Å²) in [6.07, 6.45) is -2.20. The topological polar surface area (TPSA) is 168 Å². The fourth-order valence-corrected chi connectivity index (χ4v) is 3.16. The second kappa shape index (κ2) is 9.91. The number of hydrogen-bond donors (Lipinski definition) is 4. The number of amides is 2. The molecular formula is C16H15BBrClN2O9. The van der Waals surface area contributed by atoms with Crippen LogP contribution in [0.2, 0.25) is 5.02 Å². The number of carboxylic acids is 2. The third-order valence-corrected chi connectivity index (χ3v) is 4.71. The van der Waals surface area contributed by atoms with Gasteiger partial charge in [-0.3, -0.25) is 24.0 Å². The first-order valence-electron chi connectivity index (χ1n) is 8.35. The van der Waals surface area contributed by atoms with E-state index in [0.717, 1.165) is 0 Å². The van der Waals surface area contributed by atoms with Gasteiger partial charge in [-0.15, -0.1) is 0 Å². The van der Waals surface area contributed by atoms with Crippen LogP contribution in [-0.4, -0.2) is 65.6 Å². The van der Waals surface area contributed by atoms with Crippen molar-refractivity contribution in [1.82, 2.24) is 10.6 Å². The van der Waals surface area contributed by atoms with Crippen LogP contribution in [0.3, 0.4) is 0 Å². The van der Waals surface area contributed by atoms with Gasteiger partial charge < -0.3 is 30.2 Å². The maximum absolute atomic E-state index is 12.1. The van der Waals surface area contributed by atoms with E-state index in [1.165, 1.54) is 12.1 Å². The van der Waals surface area contributed by atoms with Crippen molar-refractivity contribution < 1.29 is 43.5 Å². The smallest absolute Gasteiger partial charge is 0.506 e. The summed E-state index contributed by atoms with van der Waals surface area (Å²) in [5, 5.41) is 22.7. The number of carbonyl (C=O) groups excluding carboxylic acids is 3. The normalized spacial score (nSPS) is 14.7. The molecule has 14 heteroatoms. The van der Waals surface area contributed by atoms with E-state index in [1.807, 2.05) is 0 Å². The van der Waals surface area contributed by atoms with E-state index in [4.69, 9.17) is 31.1 Å². The largest absolute Gasteiger partial charge is 0.548 e. The first-order valence-corrected chi connectivity index (χ1v) is 9.52. The van der Waals surface area contributed by atoms with Crippen molar-refractivity contribution in [3.8, 4) is 0 Å². The number of halogens is 2. The zero-order valence-corrected chi connectivity index (χ0v) is 17.5. The molecule has 1 saturated heterocycles. The molecule has 0 saturated carbocycles. The zero-order valence-electron chi connectivity index (χ0n) is 15.1. The van der Waals surface area contributed by atoms with Crippen molar-refractivity contribution in [3.63, 3.8) is 0 Å². The van der Waals surface area contributed by atoms with Gasteiger partial charge in [0.25, 0.3) is 5.91 Å². The molecule has 160 valence electrons. The van der Waals surface area contributed by atoms with Gasteiger partial charge in [0, 0.05) is 4.47 Å². The summed E-state index contributed by atoms with van der Waals surface area (Å²) in [6, 6.07) is 4.63. The molecule has 0 aromatic heterocycles. The standard InChI is InChI=1S/C16H15BBrClN2O9/c18-8-1-2-10(19)9(3-8)14(27)20-6-11(22)21-7-17-29-15(28)16(30-17,4-12(23)24)5-13(25)26/h1-3H,4-7H2,(H,20,27)(H,21,22)(H,23,24)(H,25,26). The highest BCUT2D eigenvalue weighted by atomic mass is 79.9. The van der Waals surface area contributed by atoms with Gasteiger partial charge in [0.2, 0.25) is 5.91 Å². The Hall–Kier alpha value is -2.64. The van der Waals surface area contributed by atoms with Crippen LogP contribution in [0.4, 0.5) is 0 Å². The molecule has 11 nitrogen and oxygen atoms in total. The number of nitrogens with one attached hydrogen (secondary N) is 2. The van der Waals surface area contributed by atoms with E-state index in [-0.39, 0.29) is 17.0 Å². The molecule has 1 aliphatic rings. The molecule has 1 aliphatic heterocycles. The van der Waals surface area contributed by atoms with Crippen molar-refractivity contribution in [3.05, 3.63) is 33.3 Å². The van der Waals surface area contributed by atoms with Crippen LogP contribution < -0.4 is 10.6 Å². The number of rotatable bonds is 9. The Morgan fingerprint density at radius 3 is 2.37 bits per heavy atom.